The molecule has 0 saturated heterocycles. The Morgan fingerprint density at radius 2 is 2.05 bits per heavy atom. The van der Waals surface area contributed by atoms with Crippen LogP contribution in [0.25, 0.3) is 0 Å². The summed E-state index contributed by atoms with van der Waals surface area (Å²) in [5, 5.41) is 9.18. The maximum atomic E-state index is 11.9. The van der Waals surface area contributed by atoms with E-state index in [-0.39, 0.29) is 17.1 Å². The van der Waals surface area contributed by atoms with Gasteiger partial charge >= 0.3 is 5.97 Å². The van der Waals surface area contributed by atoms with E-state index in [4.69, 9.17) is 4.74 Å². The van der Waals surface area contributed by atoms with Gasteiger partial charge in [0.25, 0.3) is 0 Å². The Bertz CT molecular complexity index is 499. The molecule has 0 spiro atoms. The molecule has 100 valence electrons. The van der Waals surface area contributed by atoms with E-state index >= 15 is 0 Å². The van der Waals surface area contributed by atoms with E-state index in [9.17, 15) is 9.90 Å². The van der Waals surface area contributed by atoms with Gasteiger partial charge in [0.1, 0.15) is 12.4 Å². The van der Waals surface area contributed by atoms with E-state index in [1.165, 1.54) is 12.1 Å². The summed E-state index contributed by atoms with van der Waals surface area (Å²) in [6.07, 6.45) is 10.0. The zero-order valence-corrected chi connectivity index (χ0v) is 11.0. The van der Waals surface area contributed by atoms with E-state index < -0.39 is 0 Å². The number of phenolic OH excluding ortho intramolecular Hbond substituents is 1. The molecule has 0 amide bonds. The predicted octanol–water partition coefficient (Wildman–Crippen LogP) is 3.46. The van der Waals surface area contributed by atoms with Gasteiger partial charge < -0.3 is 9.84 Å². The van der Waals surface area contributed by atoms with E-state index in [2.05, 4.69) is 19.1 Å². The maximum absolute atomic E-state index is 11.9. The monoisotopic (exact) mass is 258 g/mol. The maximum Gasteiger partial charge on any atom is 0.338 e. The van der Waals surface area contributed by atoms with Gasteiger partial charge in [-0.25, -0.2) is 4.79 Å². The molecule has 0 heterocycles. The van der Waals surface area contributed by atoms with Crippen LogP contribution in [0.1, 0.15) is 30.1 Å². The fourth-order valence-electron chi connectivity index (χ4n) is 2.07. The van der Waals surface area contributed by atoms with Crippen molar-refractivity contribution in [2.24, 2.45) is 5.41 Å². The summed E-state index contributed by atoms with van der Waals surface area (Å²) in [5.41, 5.74) is 0.376. The van der Waals surface area contributed by atoms with Crippen LogP contribution in [0.2, 0.25) is 0 Å². The summed E-state index contributed by atoms with van der Waals surface area (Å²) in [4.78, 5) is 11.9. The van der Waals surface area contributed by atoms with Gasteiger partial charge in [-0.1, -0.05) is 31.2 Å². The second-order valence-corrected chi connectivity index (χ2v) is 4.83. The highest BCUT2D eigenvalue weighted by Gasteiger charge is 2.27. The van der Waals surface area contributed by atoms with Crippen molar-refractivity contribution >= 4 is 5.97 Å². The first-order valence-corrected chi connectivity index (χ1v) is 6.46. The largest absolute Gasteiger partial charge is 0.508 e. The van der Waals surface area contributed by atoms with Gasteiger partial charge in [-0.05, 0) is 37.1 Å². The van der Waals surface area contributed by atoms with Crippen molar-refractivity contribution in [3.63, 3.8) is 0 Å². The highest BCUT2D eigenvalue weighted by Crippen LogP contribution is 2.32. The van der Waals surface area contributed by atoms with Crippen LogP contribution in [-0.2, 0) is 4.74 Å². The quantitative estimate of drug-likeness (QED) is 0.841. The molecule has 19 heavy (non-hydrogen) atoms. The summed E-state index contributed by atoms with van der Waals surface area (Å²) in [5.74, 6) is -0.210. The molecule has 1 atom stereocenters. The van der Waals surface area contributed by atoms with Crippen LogP contribution in [0, 0.1) is 5.41 Å². The number of benzene rings is 1. The molecule has 0 radical (unpaired) electrons. The van der Waals surface area contributed by atoms with Crippen LogP contribution in [0.15, 0.2) is 48.6 Å². The van der Waals surface area contributed by atoms with Crippen LogP contribution in [0.3, 0.4) is 0 Å². The molecule has 1 aromatic rings. The van der Waals surface area contributed by atoms with Gasteiger partial charge in [-0.3, -0.25) is 0 Å². The fourth-order valence-corrected chi connectivity index (χ4v) is 2.07. The van der Waals surface area contributed by atoms with Crippen LogP contribution >= 0.6 is 0 Å². The lowest BCUT2D eigenvalue weighted by molar-refractivity contribution is 0.0354. The number of carbonyl (C=O) groups is 1. The Kier molecular flexibility index (Phi) is 4.05. The number of aromatic hydroxyl groups is 1. The average molecular weight is 258 g/mol. The molecule has 1 aliphatic rings. The second-order valence-electron chi connectivity index (χ2n) is 4.83. The van der Waals surface area contributed by atoms with Crippen molar-refractivity contribution in [3.8, 4) is 5.75 Å². The molecule has 1 aromatic carbocycles. The van der Waals surface area contributed by atoms with Crippen LogP contribution in [-0.4, -0.2) is 17.7 Å². The zero-order valence-electron chi connectivity index (χ0n) is 11.0. The van der Waals surface area contributed by atoms with Gasteiger partial charge in [0.15, 0.2) is 0 Å². The molecular weight excluding hydrogens is 240 g/mol. The smallest absolute Gasteiger partial charge is 0.338 e. The molecule has 1 N–H and O–H groups in total. The minimum atomic E-state index is -0.351. The molecule has 3 nitrogen and oxygen atoms in total. The number of hydrogen-bond acceptors (Lipinski definition) is 3. The number of allylic oxidation sites excluding steroid dienone is 3. The van der Waals surface area contributed by atoms with Gasteiger partial charge in [0, 0.05) is 5.41 Å². The normalized spacial score (nSPS) is 21.3. The molecule has 0 saturated carbocycles. The molecule has 3 heteroatoms. The lowest BCUT2D eigenvalue weighted by Crippen LogP contribution is -2.26. The minimum Gasteiger partial charge on any atom is -0.508 e. The number of carbonyl (C=O) groups excluding carboxylic acids is 1. The number of phenols is 1. The third kappa shape index (κ3) is 3.25. The summed E-state index contributed by atoms with van der Waals surface area (Å²) in [7, 11) is 0. The topological polar surface area (TPSA) is 46.5 Å². The zero-order chi connectivity index (χ0) is 13.7. The SMILES string of the molecule is CC[C@]1(COC(=O)c2ccc(O)cc2)C=CC=CC1. The number of esters is 1. The molecule has 0 aliphatic heterocycles. The standard InChI is InChI=1S/C16H18O3/c1-2-16(10-4-3-5-11-16)12-19-15(18)13-6-8-14(17)9-7-13/h3-10,17H,2,11-12H2,1H3/t16-/m0/s1. The molecule has 0 bridgehead atoms. The van der Waals surface area contributed by atoms with Crippen molar-refractivity contribution in [2.75, 3.05) is 6.61 Å². The summed E-state index contributed by atoms with van der Waals surface area (Å²) in [6.45, 7) is 2.47. The Balaban J connectivity index is 1.98. The van der Waals surface area contributed by atoms with E-state index in [1.807, 2.05) is 12.2 Å². The van der Waals surface area contributed by atoms with Crippen molar-refractivity contribution in [2.45, 2.75) is 19.8 Å². The first-order valence-electron chi connectivity index (χ1n) is 6.46. The molecule has 1 aliphatic carbocycles. The molecule has 2 rings (SSSR count). The number of ether oxygens (including phenoxy) is 1. The summed E-state index contributed by atoms with van der Waals surface area (Å²) >= 11 is 0. The second kappa shape index (κ2) is 5.74. The first-order chi connectivity index (χ1) is 9.15. The summed E-state index contributed by atoms with van der Waals surface area (Å²) in [6, 6.07) is 6.09. The highest BCUT2D eigenvalue weighted by molar-refractivity contribution is 5.89. The van der Waals surface area contributed by atoms with E-state index in [1.54, 1.807) is 12.1 Å². The Morgan fingerprint density at radius 1 is 1.32 bits per heavy atom. The van der Waals surface area contributed by atoms with Crippen molar-refractivity contribution in [1.82, 2.24) is 0 Å². The van der Waals surface area contributed by atoms with E-state index in [0.717, 1.165) is 12.8 Å². The first kappa shape index (κ1) is 13.4. The van der Waals surface area contributed by atoms with Crippen LogP contribution < -0.4 is 0 Å². The Labute approximate surface area is 113 Å². The lowest BCUT2D eigenvalue weighted by Gasteiger charge is -2.29. The van der Waals surface area contributed by atoms with Crippen molar-refractivity contribution < 1.29 is 14.6 Å². The third-order valence-corrected chi connectivity index (χ3v) is 3.52. The Morgan fingerprint density at radius 3 is 2.63 bits per heavy atom. The van der Waals surface area contributed by atoms with Gasteiger partial charge in [-0.2, -0.15) is 0 Å². The number of hydrogen-bond donors (Lipinski definition) is 1. The van der Waals surface area contributed by atoms with Gasteiger partial charge in [0.2, 0.25) is 0 Å². The minimum absolute atomic E-state index is 0.0820. The van der Waals surface area contributed by atoms with E-state index in [0.29, 0.717) is 12.2 Å². The molecule has 0 aromatic heterocycles. The highest BCUT2D eigenvalue weighted by atomic mass is 16.5. The Hall–Kier alpha value is -2.03. The third-order valence-electron chi connectivity index (χ3n) is 3.52. The van der Waals surface area contributed by atoms with Gasteiger partial charge in [0.05, 0.1) is 5.56 Å². The van der Waals surface area contributed by atoms with Crippen molar-refractivity contribution in [1.29, 1.82) is 0 Å². The molecule has 0 unspecified atom stereocenters. The average Bonchev–Trinajstić information content (AvgIpc) is 2.46. The van der Waals surface area contributed by atoms with Crippen molar-refractivity contribution in [3.05, 3.63) is 54.1 Å². The fraction of sp³-hybridized carbons (Fsp3) is 0.312. The van der Waals surface area contributed by atoms with Gasteiger partial charge in [-0.15, -0.1) is 0 Å². The number of rotatable bonds is 4. The predicted molar refractivity (Wildman–Crippen MR) is 74.0 cm³/mol. The molecular formula is C16H18O3. The summed E-state index contributed by atoms with van der Waals surface area (Å²) < 4.78 is 5.40. The van der Waals surface area contributed by atoms with Crippen LogP contribution in [0.4, 0.5) is 0 Å². The lowest BCUT2D eigenvalue weighted by atomic mass is 9.80. The van der Waals surface area contributed by atoms with Crippen LogP contribution in [0.5, 0.6) is 5.75 Å². The molecule has 0 fully saturated rings.